The highest BCUT2D eigenvalue weighted by molar-refractivity contribution is 7.21. The van der Waals surface area contributed by atoms with Gasteiger partial charge < -0.3 is 9.80 Å². The van der Waals surface area contributed by atoms with Crippen molar-refractivity contribution in [2.24, 2.45) is 0 Å². The number of hydrogen-bond donors (Lipinski definition) is 0. The van der Waals surface area contributed by atoms with Crippen LogP contribution in [0.2, 0.25) is 5.02 Å². The lowest BCUT2D eigenvalue weighted by atomic mass is 10.0. The molecule has 2 aromatic rings. The molecule has 8 heteroatoms. The molecule has 156 valence electrons. The van der Waals surface area contributed by atoms with Gasteiger partial charge in [0.15, 0.2) is 0 Å². The van der Waals surface area contributed by atoms with Crippen molar-refractivity contribution >= 4 is 44.8 Å². The van der Waals surface area contributed by atoms with Crippen molar-refractivity contribution in [2.75, 3.05) is 39.3 Å². The minimum absolute atomic E-state index is 0.118. The van der Waals surface area contributed by atoms with Crippen LogP contribution < -0.4 is 0 Å². The van der Waals surface area contributed by atoms with Crippen LogP contribution in [0.3, 0.4) is 0 Å². The maximum Gasteiger partial charge on any atom is 0.265 e. The Bertz CT molecular complexity index is 926. The molecule has 0 bridgehead atoms. The first-order valence-electron chi connectivity index (χ1n) is 10.1. The van der Waals surface area contributed by atoms with Gasteiger partial charge >= 0.3 is 0 Å². The monoisotopic (exact) mass is 437 g/mol. The number of fused-ring (bicyclic) bond motifs is 1. The molecule has 5 nitrogen and oxygen atoms in total. The van der Waals surface area contributed by atoms with Gasteiger partial charge in [0, 0.05) is 48.9 Å². The van der Waals surface area contributed by atoms with Gasteiger partial charge in [-0.3, -0.25) is 14.5 Å². The number of amides is 2. The molecule has 2 aliphatic heterocycles. The van der Waals surface area contributed by atoms with E-state index >= 15 is 0 Å². The van der Waals surface area contributed by atoms with Gasteiger partial charge in [0.25, 0.3) is 5.91 Å². The molecule has 29 heavy (non-hydrogen) atoms. The molecule has 0 radical (unpaired) electrons. The van der Waals surface area contributed by atoms with Gasteiger partial charge in [-0.1, -0.05) is 11.6 Å². The molecule has 4 rings (SSSR count). The Morgan fingerprint density at radius 3 is 2.66 bits per heavy atom. The molecular formula is C21H25ClFN3O2S. The van der Waals surface area contributed by atoms with Crippen molar-refractivity contribution in [3.8, 4) is 0 Å². The normalized spacial score (nSPS) is 21.0. The molecule has 2 amide bonds. The van der Waals surface area contributed by atoms with Gasteiger partial charge in [0.1, 0.15) is 10.7 Å². The summed E-state index contributed by atoms with van der Waals surface area (Å²) >= 11 is 7.63. The smallest absolute Gasteiger partial charge is 0.265 e. The summed E-state index contributed by atoms with van der Waals surface area (Å²) < 4.78 is 14.1. The first-order chi connectivity index (χ1) is 13.9. The third-order valence-corrected chi connectivity index (χ3v) is 7.57. The highest BCUT2D eigenvalue weighted by Crippen LogP contribution is 2.36. The van der Waals surface area contributed by atoms with E-state index in [2.05, 4.69) is 11.8 Å². The lowest BCUT2D eigenvalue weighted by Crippen LogP contribution is -2.53. The molecule has 2 saturated heterocycles. The quantitative estimate of drug-likeness (QED) is 0.732. The maximum absolute atomic E-state index is 13.5. The number of rotatable bonds is 3. The first-order valence-corrected chi connectivity index (χ1v) is 11.3. The number of halogens is 2. The summed E-state index contributed by atoms with van der Waals surface area (Å²) in [6.45, 7) is 5.82. The zero-order valence-corrected chi connectivity index (χ0v) is 18.1. The molecule has 1 atom stereocenters. The van der Waals surface area contributed by atoms with E-state index in [0.29, 0.717) is 58.8 Å². The van der Waals surface area contributed by atoms with Gasteiger partial charge in [-0.15, -0.1) is 11.3 Å². The van der Waals surface area contributed by atoms with Crippen molar-refractivity contribution in [2.45, 2.75) is 32.2 Å². The number of likely N-dealkylation sites (tertiary alicyclic amines) is 1. The summed E-state index contributed by atoms with van der Waals surface area (Å²) in [6, 6.07) is 4.70. The number of benzene rings is 1. The Labute approximate surface area is 179 Å². The van der Waals surface area contributed by atoms with Crippen LogP contribution in [0.25, 0.3) is 10.1 Å². The molecule has 3 heterocycles. The van der Waals surface area contributed by atoms with Crippen molar-refractivity contribution < 1.29 is 14.0 Å². The Morgan fingerprint density at radius 2 is 1.93 bits per heavy atom. The fourth-order valence-corrected chi connectivity index (χ4v) is 5.68. The van der Waals surface area contributed by atoms with Crippen LogP contribution in [0, 0.1) is 5.82 Å². The van der Waals surface area contributed by atoms with Crippen molar-refractivity contribution in [3.05, 3.63) is 33.9 Å². The number of piperidine rings is 1. The number of carbonyl (C=O) groups is 2. The van der Waals surface area contributed by atoms with E-state index in [1.165, 1.54) is 29.9 Å². The minimum atomic E-state index is -0.337. The largest absolute Gasteiger partial charge is 0.339 e. The standard InChI is InChI=1S/C21H25ClFN3O2S/c1-14-4-2-3-7-26(14)18(27)13-24-8-10-25(11-9-24)21(28)20-19(22)16-6-5-15(23)12-17(16)29-20/h5-6,12,14H,2-4,7-11,13H2,1H3. The van der Waals surface area contributed by atoms with E-state index in [1.54, 1.807) is 11.0 Å². The fourth-order valence-electron chi connectivity index (χ4n) is 4.18. The second-order valence-electron chi connectivity index (χ2n) is 7.89. The predicted octanol–water partition coefficient (Wildman–Crippen LogP) is 3.85. The molecule has 1 aromatic heterocycles. The maximum atomic E-state index is 13.5. The van der Waals surface area contributed by atoms with Crippen LogP contribution in [0.4, 0.5) is 4.39 Å². The number of thiophene rings is 1. The molecule has 0 N–H and O–H groups in total. The zero-order valence-electron chi connectivity index (χ0n) is 16.5. The van der Waals surface area contributed by atoms with E-state index in [9.17, 15) is 14.0 Å². The number of hydrogen-bond acceptors (Lipinski definition) is 4. The lowest BCUT2D eigenvalue weighted by Gasteiger charge is -2.38. The molecule has 2 aliphatic rings. The molecule has 2 fully saturated rings. The van der Waals surface area contributed by atoms with Crippen LogP contribution in [0.15, 0.2) is 18.2 Å². The van der Waals surface area contributed by atoms with E-state index in [4.69, 9.17) is 11.6 Å². The van der Waals surface area contributed by atoms with Crippen LogP contribution >= 0.6 is 22.9 Å². The molecule has 1 unspecified atom stereocenters. The second-order valence-corrected chi connectivity index (χ2v) is 9.32. The topological polar surface area (TPSA) is 43.9 Å². The zero-order chi connectivity index (χ0) is 20.5. The summed E-state index contributed by atoms with van der Waals surface area (Å²) in [7, 11) is 0. The summed E-state index contributed by atoms with van der Waals surface area (Å²) in [6.07, 6.45) is 3.35. The summed E-state index contributed by atoms with van der Waals surface area (Å²) in [5.41, 5.74) is 0. The third kappa shape index (κ3) is 4.27. The lowest BCUT2D eigenvalue weighted by molar-refractivity contribution is -0.136. The van der Waals surface area contributed by atoms with Gasteiger partial charge in [0.2, 0.25) is 5.91 Å². The number of piperazine rings is 1. The Balaban J connectivity index is 1.36. The molecule has 0 saturated carbocycles. The van der Waals surface area contributed by atoms with Gasteiger partial charge in [0.05, 0.1) is 11.6 Å². The second kappa shape index (κ2) is 8.58. The first kappa shape index (κ1) is 20.6. The van der Waals surface area contributed by atoms with Gasteiger partial charge in [-0.2, -0.15) is 0 Å². The Hall–Kier alpha value is -1.70. The molecule has 1 aromatic carbocycles. The molecular weight excluding hydrogens is 413 g/mol. The van der Waals surface area contributed by atoms with Crippen LogP contribution in [0.5, 0.6) is 0 Å². The molecule has 0 spiro atoms. The van der Waals surface area contributed by atoms with E-state index in [-0.39, 0.29) is 17.6 Å². The van der Waals surface area contributed by atoms with Gasteiger partial charge in [-0.25, -0.2) is 4.39 Å². The minimum Gasteiger partial charge on any atom is -0.339 e. The van der Waals surface area contributed by atoms with E-state index in [1.807, 2.05) is 4.90 Å². The van der Waals surface area contributed by atoms with Crippen molar-refractivity contribution in [1.29, 1.82) is 0 Å². The average molecular weight is 438 g/mol. The van der Waals surface area contributed by atoms with E-state index in [0.717, 1.165) is 19.4 Å². The molecule has 0 aliphatic carbocycles. The van der Waals surface area contributed by atoms with Crippen LogP contribution in [0.1, 0.15) is 35.9 Å². The average Bonchev–Trinajstić information content (AvgIpc) is 3.04. The van der Waals surface area contributed by atoms with Crippen molar-refractivity contribution in [3.63, 3.8) is 0 Å². The van der Waals surface area contributed by atoms with Crippen LogP contribution in [-0.4, -0.2) is 71.8 Å². The van der Waals surface area contributed by atoms with Crippen LogP contribution in [-0.2, 0) is 4.79 Å². The SMILES string of the molecule is CC1CCCCN1C(=O)CN1CCN(C(=O)c2sc3cc(F)ccc3c2Cl)CC1. The van der Waals surface area contributed by atoms with Gasteiger partial charge in [-0.05, 0) is 44.4 Å². The van der Waals surface area contributed by atoms with Crippen molar-refractivity contribution in [1.82, 2.24) is 14.7 Å². The van der Waals surface area contributed by atoms with E-state index < -0.39 is 0 Å². The Morgan fingerprint density at radius 1 is 1.17 bits per heavy atom. The highest BCUT2D eigenvalue weighted by Gasteiger charge is 2.29. The summed E-state index contributed by atoms with van der Waals surface area (Å²) in [5.74, 6) is -0.269. The summed E-state index contributed by atoms with van der Waals surface area (Å²) in [5, 5.41) is 1.10. The summed E-state index contributed by atoms with van der Waals surface area (Å²) in [4.78, 5) is 32.0. The predicted molar refractivity (Wildman–Crippen MR) is 114 cm³/mol. The Kier molecular flexibility index (Phi) is 6.08. The number of carbonyl (C=O) groups excluding carboxylic acids is 2. The fraction of sp³-hybridized carbons (Fsp3) is 0.524. The third-order valence-electron chi connectivity index (χ3n) is 5.93. The number of nitrogens with zero attached hydrogens (tertiary/aromatic N) is 3. The highest BCUT2D eigenvalue weighted by atomic mass is 35.5.